The molecule has 1 aromatic heterocycles. The second kappa shape index (κ2) is 4.09. The molecule has 2 aromatic rings. The highest BCUT2D eigenvalue weighted by Gasteiger charge is 2.12. The Morgan fingerprint density at radius 1 is 1.50 bits per heavy atom. The lowest BCUT2D eigenvalue weighted by molar-refractivity contribution is 0.101. The molecule has 2 rings (SSSR count). The van der Waals surface area contributed by atoms with Gasteiger partial charge < -0.3 is 5.11 Å². The van der Waals surface area contributed by atoms with E-state index in [4.69, 9.17) is 0 Å². The van der Waals surface area contributed by atoms with Crippen LogP contribution in [0.1, 0.15) is 17.3 Å². The molecule has 0 spiro atoms. The van der Waals surface area contributed by atoms with Crippen LogP contribution in [0.4, 0.5) is 0 Å². The average molecular weight is 281 g/mol. The summed E-state index contributed by atoms with van der Waals surface area (Å²) in [6.07, 6.45) is 1.50. The minimum atomic E-state index is -0.0571. The van der Waals surface area contributed by atoms with Crippen molar-refractivity contribution in [1.82, 2.24) is 9.78 Å². The number of Topliss-reactive ketones (excluding diaryl/α,β-unsaturated/α-hetero) is 1. The van der Waals surface area contributed by atoms with E-state index >= 15 is 0 Å². The highest BCUT2D eigenvalue weighted by molar-refractivity contribution is 9.10. The van der Waals surface area contributed by atoms with Crippen molar-refractivity contribution in [2.75, 3.05) is 0 Å². The van der Waals surface area contributed by atoms with E-state index in [-0.39, 0.29) is 11.5 Å². The number of hydrogen-bond acceptors (Lipinski definition) is 3. The number of benzene rings is 1. The number of phenols is 1. The Balaban J connectivity index is 2.53. The van der Waals surface area contributed by atoms with Gasteiger partial charge in [0.1, 0.15) is 10.4 Å². The predicted molar refractivity (Wildman–Crippen MR) is 62.9 cm³/mol. The molecule has 5 heteroatoms. The van der Waals surface area contributed by atoms with Gasteiger partial charge in [-0.15, -0.1) is 0 Å². The van der Waals surface area contributed by atoms with Gasteiger partial charge in [0.2, 0.25) is 0 Å². The van der Waals surface area contributed by atoms with Gasteiger partial charge in [-0.25, -0.2) is 4.68 Å². The molecular formula is C11H9BrN2O2. The summed E-state index contributed by atoms with van der Waals surface area (Å²) >= 11 is 3.31. The van der Waals surface area contributed by atoms with Gasteiger partial charge in [0.05, 0.1) is 17.4 Å². The molecule has 1 N–H and O–H groups in total. The zero-order valence-corrected chi connectivity index (χ0v) is 10.1. The first-order valence-corrected chi connectivity index (χ1v) is 5.43. The van der Waals surface area contributed by atoms with Crippen molar-refractivity contribution in [2.45, 2.75) is 6.92 Å². The molecule has 0 bridgehead atoms. The Morgan fingerprint density at radius 3 is 2.81 bits per heavy atom. The first-order valence-electron chi connectivity index (χ1n) is 4.63. The molecule has 0 fully saturated rings. The van der Waals surface area contributed by atoms with Gasteiger partial charge in [-0.1, -0.05) is 6.07 Å². The van der Waals surface area contributed by atoms with Crippen LogP contribution in [0, 0.1) is 0 Å². The van der Waals surface area contributed by atoms with Gasteiger partial charge >= 0.3 is 0 Å². The smallest absolute Gasteiger partial charge is 0.164 e. The number of phenolic OH excluding ortho intramolecular Hbond substituents is 1. The van der Waals surface area contributed by atoms with E-state index in [1.165, 1.54) is 13.1 Å². The number of halogens is 1. The van der Waals surface area contributed by atoms with Gasteiger partial charge in [-0.2, -0.15) is 5.10 Å². The third kappa shape index (κ3) is 1.86. The minimum absolute atomic E-state index is 0.0571. The van der Waals surface area contributed by atoms with Crippen LogP contribution in [0.15, 0.2) is 35.1 Å². The zero-order valence-electron chi connectivity index (χ0n) is 8.51. The van der Waals surface area contributed by atoms with Gasteiger partial charge in [-0.05, 0) is 35.0 Å². The molecule has 82 valence electrons. The maximum Gasteiger partial charge on any atom is 0.164 e. The standard InChI is InChI=1S/C11H9BrN2O2/c1-7(15)10-6-13-14(11(10)12)8-3-2-4-9(16)5-8/h2-6,16H,1H3. The van der Waals surface area contributed by atoms with E-state index in [0.29, 0.717) is 15.9 Å². The number of ketones is 1. The van der Waals surface area contributed by atoms with Crippen molar-refractivity contribution in [3.8, 4) is 11.4 Å². The Hall–Kier alpha value is -1.62. The molecule has 1 heterocycles. The largest absolute Gasteiger partial charge is 0.508 e. The van der Waals surface area contributed by atoms with Gasteiger partial charge in [-0.3, -0.25) is 4.79 Å². The second-order valence-electron chi connectivity index (χ2n) is 3.34. The van der Waals surface area contributed by atoms with Crippen LogP contribution in [-0.2, 0) is 0 Å². The molecule has 0 aliphatic rings. The summed E-state index contributed by atoms with van der Waals surface area (Å²) in [5.41, 5.74) is 1.21. The molecular weight excluding hydrogens is 272 g/mol. The number of carbonyl (C=O) groups excluding carboxylic acids is 1. The van der Waals surface area contributed by atoms with Crippen LogP contribution in [0.5, 0.6) is 5.75 Å². The summed E-state index contributed by atoms with van der Waals surface area (Å²) in [5, 5.41) is 13.4. The fraction of sp³-hybridized carbons (Fsp3) is 0.0909. The topological polar surface area (TPSA) is 55.1 Å². The van der Waals surface area contributed by atoms with E-state index in [1.807, 2.05) is 0 Å². The SMILES string of the molecule is CC(=O)c1cnn(-c2cccc(O)c2)c1Br. The third-order valence-corrected chi connectivity index (χ3v) is 2.93. The molecule has 0 radical (unpaired) electrons. The van der Waals surface area contributed by atoms with Crippen LogP contribution in [0.2, 0.25) is 0 Å². The summed E-state index contributed by atoms with van der Waals surface area (Å²) < 4.78 is 2.14. The highest BCUT2D eigenvalue weighted by atomic mass is 79.9. The fourth-order valence-corrected chi connectivity index (χ4v) is 2.05. The lowest BCUT2D eigenvalue weighted by Gasteiger charge is -2.03. The summed E-state index contributed by atoms with van der Waals surface area (Å²) in [6, 6.07) is 6.65. The van der Waals surface area contributed by atoms with Crippen molar-refractivity contribution in [3.63, 3.8) is 0 Å². The van der Waals surface area contributed by atoms with Crippen LogP contribution in [0.25, 0.3) is 5.69 Å². The molecule has 0 amide bonds. The summed E-state index contributed by atoms with van der Waals surface area (Å²) in [7, 11) is 0. The molecule has 0 unspecified atom stereocenters. The summed E-state index contributed by atoms with van der Waals surface area (Å²) in [5.74, 6) is 0.0996. The number of hydrogen-bond donors (Lipinski definition) is 1. The van der Waals surface area contributed by atoms with E-state index < -0.39 is 0 Å². The van der Waals surface area contributed by atoms with Gasteiger partial charge in [0.25, 0.3) is 0 Å². The zero-order chi connectivity index (χ0) is 11.7. The summed E-state index contributed by atoms with van der Waals surface area (Å²) in [6.45, 7) is 1.48. The fourth-order valence-electron chi connectivity index (χ4n) is 1.37. The molecule has 0 saturated carbocycles. The first-order chi connectivity index (χ1) is 7.59. The number of aromatic hydroxyl groups is 1. The lowest BCUT2D eigenvalue weighted by atomic mass is 10.2. The molecule has 0 atom stereocenters. The first kappa shape index (κ1) is 10.9. The third-order valence-electron chi connectivity index (χ3n) is 2.16. The van der Waals surface area contributed by atoms with Crippen molar-refractivity contribution in [2.24, 2.45) is 0 Å². The maximum atomic E-state index is 11.2. The lowest BCUT2D eigenvalue weighted by Crippen LogP contribution is -1.97. The molecule has 0 aliphatic carbocycles. The molecule has 16 heavy (non-hydrogen) atoms. The Morgan fingerprint density at radius 2 is 2.25 bits per heavy atom. The second-order valence-corrected chi connectivity index (χ2v) is 4.09. The molecule has 0 aliphatic heterocycles. The Bertz CT molecular complexity index is 549. The predicted octanol–water partition coefficient (Wildman–Crippen LogP) is 2.54. The molecule has 0 saturated heterocycles. The number of rotatable bonds is 2. The monoisotopic (exact) mass is 280 g/mol. The van der Waals surface area contributed by atoms with Crippen LogP contribution in [0.3, 0.4) is 0 Å². The van der Waals surface area contributed by atoms with Crippen LogP contribution >= 0.6 is 15.9 Å². The minimum Gasteiger partial charge on any atom is -0.508 e. The highest BCUT2D eigenvalue weighted by Crippen LogP contribution is 2.23. The average Bonchev–Trinajstić information content (AvgIpc) is 2.60. The van der Waals surface area contributed by atoms with Crippen molar-refractivity contribution in [3.05, 3.63) is 40.6 Å². The Kier molecular flexibility index (Phi) is 2.78. The number of nitrogens with zero attached hydrogens (tertiary/aromatic N) is 2. The normalized spacial score (nSPS) is 10.4. The number of carbonyl (C=O) groups is 1. The van der Waals surface area contributed by atoms with E-state index in [9.17, 15) is 9.90 Å². The maximum absolute atomic E-state index is 11.2. The van der Waals surface area contributed by atoms with Crippen LogP contribution < -0.4 is 0 Å². The van der Waals surface area contributed by atoms with Crippen LogP contribution in [-0.4, -0.2) is 20.7 Å². The van der Waals surface area contributed by atoms with E-state index in [2.05, 4.69) is 21.0 Å². The molecule has 4 nitrogen and oxygen atoms in total. The molecule has 1 aromatic carbocycles. The van der Waals surface area contributed by atoms with Gasteiger partial charge in [0, 0.05) is 6.07 Å². The van der Waals surface area contributed by atoms with Crippen molar-refractivity contribution in [1.29, 1.82) is 0 Å². The quantitative estimate of drug-likeness (QED) is 0.861. The van der Waals surface area contributed by atoms with Crippen molar-refractivity contribution < 1.29 is 9.90 Å². The van der Waals surface area contributed by atoms with Gasteiger partial charge in [0.15, 0.2) is 5.78 Å². The van der Waals surface area contributed by atoms with E-state index in [1.54, 1.807) is 28.9 Å². The van der Waals surface area contributed by atoms with Crippen molar-refractivity contribution >= 4 is 21.7 Å². The van der Waals surface area contributed by atoms with E-state index in [0.717, 1.165) is 0 Å². The number of aromatic nitrogens is 2. The summed E-state index contributed by atoms with van der Waals surface area (Å²) in [4.78, 5) is 11.2. The Labute approximate surface area is 101 Å².